The van der Waals surface area contributed by atoms with Crippen molar-refractivity contribution in [2.24, 2.45) is 0 Å². The molecule has 1 saturated heterocycles. The molecule has 0 bridgehead atoms. The number of nitrogens with zero attached hydrogens (tertiary/aromatic N) is 2. The van der Waals surface area contributed by atoms with Gasteiger partial charge in [0.1, 0.15) is 5.82 Å². The van der Waals surface area contributed by atoms with E-state index in [4.69, 9.17) is 0 Å². The van der Waals surface area contributed by atoms with Crippen molar-refractivity contribution in [1.29, 1.82) is 0 Å². The summed E-state index contributed by atoms with van der Waals surface area (Å²) in [6.07, 6.45) is 0.510. The molecule has 2 atom stereocenters. The van der Waals surface area contributed by atoms with Crippen molar-refractivity contribution in [3.8, 4) is 0 Å². The van der Waals surface area contributed by atoms with Gasteiger partial charge in [0, 0.05) is 30.1 Å². The molecule has 1 aromatic carbocycles. The van der Waals surface area contributed by atoms with Crippen LogP contribution in [0.4, 0.5) is 4.39 Å². The fraction of sp³-hybridized carbons (Fsp3) is 0.571. The molecule has 0 saturated carbocycles. The highest BCUT2D eigenvalue weighted by molar-refractivity contribution is 9.10. The molecular formula is C14H20BrFN2O. The lowest BCUT2D eigenvalue weighted by atomic mass is 10.1. The molecule has 0 radical (unpaired) electrons. The topological polar surface area (TPSA) is 26.7 Å². The fourth-order valence-electron chi connectivity index (χ4n) is 2.70. The van der Waals surface area contributed by atoms with Gasteiger partial charge in [-0.05, 0) is 44.3 Å². The lowest BCUT2D eigenvalue weighted by Gasteiger charge is -2.26. The van der Waals surface area contributed by atoms with Gasteiger partial charge in [0.15, 0.2) is 0 Å². The van der Waals surface area contributed by atoms with Crippen molar-refractivity contribution < 1.29 is 9.50 Å². The van der Waals surface area contributed by atoms with Gasteiger partial charge in [-0.3, -0.25) is 4.90 Å². The Bertz CT molecular complexity index is 421. The highest BCUT2D eigenvalue weighted by Crippen LogP contribution is 2.23. The molecule has 19 heavy (non-hydrogen) atoms. The molecule has 0 spiro atoms. The summed E-state index contributed by atoms with van der Waals surface area (Å²) in [5, 5.41) is 9.83. The number of aliphatic hydroxyl groups is 1. The van der Waals surface area contributed by atoms with Gasteiger partial charge in [-0.25, -0.2) is 4.39 Å². The van der Waals surface area contributed by atoms with Gasteiger partial charge in [-0.2, -0.15) is 0 Å². The van der Waals surface area contributed by atoms with Crippen LogP contribution in [0.5, 0.6) is 0 Å². The van der Waals surface area contributed by atoms with E-state index in [-0.39, 0.29) is 11.9 Å². The normalized spacial score (nSPS) is 24.3. The first-order chi connectivity index (χ1) is 8.94. The number of likely N-dealkylation sites (N-methyl/N-ethyl adjacent to an activating group) is 1. The van der Waals surface area contributed by atoms with Gasteiger partial charge in [-0.1, -0.05) is 15.9 Å². The zero-order chi connectivity index (χ0) is 14.0. The van der Waals surface area contributed by atoms with E-state index < -0.39 is 0 Å². The van der Waals surface area contributed by atoms with E-state index in [1.54, 1.807) is 6.07 Å². The first-order valence-electron chi connectivity index (χ1n) is 6.46. The highest BCUT2D eigenvalue weighted by Gasteiger charge is 2.31. The predicted molar refractivity (Wildman–Crippen MR) is 77.5 cm³/mol. The fourth-order valence-corrected chi connectivity index (χ4v) is 3.21. The Kier molecular flexibility index (Phi) is 4.95. The van der Waals surface area contributed by atoms with Crippen LogP contribution in [0, 0.1) is 5.82 Å². The molecule has 1 heterocycles. The molecule has 5 heteroatoms. The first-order valence-corrected chi connectivity index (χ1v) is 7.25. The maximum absolute atomic E-state index is 13.4. The first kappa shape index (κ1) is 14.9. The van der Waals surface area contributed by atoms with Gasteiger partial charge in [0.2, 0.25) is 0 Å². The third-order valence-corrected chi connectivity index (χ3v) is 3.85. The van der Waals surface area contributed by atoms with E-state index in [1.807, 2.05) is 20.2 Å². The SMILES string of the molecule is CN(C)CC1CC(O)CN1Cc1cc(F)cc(Br)c1. The number of aliphatic hydroxyl groups excluding tert-OH is 1. The largest absolute Gasteiger partial charge is 0.392 e. The Morgan fingerprint density at radius 1 is 1.42 bits per heavy atom. The maximum Gasteiger partial charge on any atom is 0.124 e. The van der Waals surface area contributed by atoms with E-state index >= 15 is 0 Å². The van der Waals surface area contributed by atoms with Gasteiger partial charge in [0.25, 0.3) is 0 Å². The molecule has 0 aliphatic carbocycles. The second-order valence-corrected chi connectivity index (χ2v) is 6.43. The molecule has 1 aliphatic rings. The van der Waals surface area contributed by atoms with Gasteiger partial charge in [0.05, 0.1) is 6.10 Å². The van der Waals surface area contributed by atoms with Crippen LogP contribution in [0.25, 0.3) is 0 Å². The predicted octanol–water partition coefficient (Wildman–Crippen LogP) is 2.08. The summed E-state index contributed by atoms with van der Waals surface area (Å²) in [7, 11) is 4.06. The third-order valence-electron chi connectivity index (χ3n) is 3.39. The van der Waals surface area contributed by atoms with Crippen LogP contribution >= 0.6 is 15.9 Å². The summed E-state index contributed by atoms with van der Waals surface area (Å²) in [4.78, 5) is 4.35. The van der Waals surface area contributed by atoms with Crippen molar-refractivity contribution in [2.75, 3.05) is 27.2 Å². The molecule has 1 aromatic rings. The quantitative estimate of drug-likeness (QED) is 0.915. The van der Waals surface area contributed by atoms with Crippen molar-refractivity contribution in [2.45, 2.75) is 25.1 Å². The Morgan fingerprint density at radius 3 is 2.79 bits per heavy atom. The molecule has 1 fully saturated rings. The highest BCUT2D eigenvalue weighted by atomic mass is 79.9. The van der Waals surface area contributed by atoms with Crippen LogP contribution in [0.2, 0.25) is 0 Å². The Hall–Kier alpha value is -0.490. The maximum atomic E-state index is 13.4. The molecule has 0 aromatic heterocycles. The number of hydrogen-bond acceptors (Lipinski definition) is 3. The Balaban J connectivity index is 2.07. The summed E-state index contributed by atoms with van der Waals surface area (Å²) < 4.78 is 14.1. The summed E-state index contributed by atoms with van der Waals surface area (Å²) in [6, 6.07) is 5.27. The third kappa shape index (κ3) is 4.24. The van der Waals surface area contributed by atoms with Crippen molar-refractivity contribution in [3.05, 3.63) is 34.1 Å². The van der Waals surface area contributed by atoms with E-state index in [0.29, 0.717) is 19.1 Å². The zero-order valence-corrected chi connectivity index (χ0v) is 12.9. The van der Waals surface area contributed by atoms with Crippen molar-refractivity contribution >= 4 is 15.9 Å². The van der Waals surface area contributed by atoms with E-state index in [2.05, 4.69) is 25.7 Å². The number of halogens is 2. The number of β-amino-alcohol motifs (C(OH)–C–C–N with tert-alkyl or cyclic N) is 1. The molecule has 1 aliphatic heterocycles. The van der Waals surface area contributed by atoms with Crippen LogP contribution in [-0.2, 0) is 6.54 Å². The molecule has 0 amide bonds. The average molecular weight is 331 g/mol. The van der Waals surface area contributed by atoms with Gasteiger partial charge in [-0.15, -0.1) is 0 Å². The van der Waals surface area contributed by atoms with Crippen LogP contribution in [0.15, 0.2) is 22.7 Å². The summed E-state index contributed by atoms with van der Waals surface area (Å²) in [6.45, 7) is 2.24. The Morgan fingerprint density at radius 2 is 2.16 bits per heavy atom. The molecule has 3 nitrogen and oxygen atoms in total. The summed E-state index contributed by atoms with van der Waals surface area (Å²) >= 11 is 3.31. The van der Waals surface area contributed by atoms with Crippen LogP contribution in [0.3, 0.4) is 0 Å². The average Bonchev–Trinajstić information content (AvgIpc) is 2.56. The van der Waals surface area contributed by atoms with Crippen LogP contribution in [-0.4, -0.2) is 54.2 Å². The number of likely N-dealkylation sites (tertiary alicyclic amines) is 1. The number of hydrogen-bond donors (Lipinski definition) is 1. The molecule has 1 N–H and O–H groups in total. The van der Waals surface area contributed by atoms with E-state index in [0.717, 1.165) is 23.0 Å². The second kappa shape index (κ2) is 6.31. The summed E-state index contributed by atoms with van der Waals surface area (Å²) in [5.41, 5.74) is 0.935. The smallest absolute Gasteiger partial charge is 0.124 e. The summed E-state index contributed by atoms with van der Waals surface area (Å²) in [5.74, 6) is -0.228. The molecule has 2 unspecified atom stereocenters. The molecule has 2 rings (SSSR count). The van der Waals surface area contributed by atoms with Gasteiger partial charge < -0.3 is 10.0 Å². The lowest BCUT2D eigenvalue weighted by Crippen LogP contribution is -2.37. The second-order valence-electron chi connectivity index (χ2n) is 5.51. The minimum absolute atomic E-state index is 0.228. The minimum atomic E-state index is -0.276. The van der Waals surface area contributed by atoms with E-state index in [1.165, 1.54) is 6.07 Å². The van der Waals surface area contributed by atoms with Crippen LogP contribution in [0.1, 0.15) is 12.0 Å². The lowest BCUT2D eigenvalue weighted by molar-refractivity contribution is 0.169. The van der Waals surface area contributed by atoms with Crippen LogP contribution < -0.4 is 0 Å². The van der Waals surface area contributed by atoms with E-state index in [9.17, 15) is 9.50 Å². The standard InChI is InChI=1S/C14H20BrFN2O/c1-17(2)8-13-6-14(19)9-18(13)7-10-3-11(15)5-12(16)4-10/h3-5,13-14,19H,6-9H2,1-2H3. The zero-order valence-electron chi connectivity index (χ0n) is 11.3. The van der Waals surface area contributed by atoms with Crippen molar-refractivity contribution in [3.63, 3.8) is 0 Å². The monoisotopic (exact) mass is 330 g/mol. The van der Waals surface area contributed by atoms with Crippen molar-refractivity contribution in [1.82, 2.24) is 9.80 Å². The number of rotatable bonds is 4. The Labute approximate surface area is 122 Å². The number of benzene rings is 1. The van der Waals surface area contributed by atoms with Gasteiger partial charge >= 0.3 is 0 Å². The molecular weight excluding hydrogens is 311 g/mol. The minimum Gasteiger partial charge on any atom is -0.392 e. The molecule has 106 valence electrons.